The van der Waals surface area contributed by atoms with E-state index in [9.17, 15) is 0 Å². The van der Waals surface area contributed by atoms with Gasteiger partial charge in [-0.15, -0.1) is 34.2 Å². The van der Waals surface area contributed by atoms with Crippen LogP contribution in [0.3, 0.4) is 0 Å². The highest BCUT2D eigenvalue weighted by Gasteiger charge is 2.23. The van der Waals surface area contributed by atoms with Gasteiger partial charge in [0.1, 0.15) is 6.33 Å². The molecular weight excluding hydrogens is 479 g/mol. The minimum absolute atomic E-state index is 0. The zero-order chi connectivity index (χ0) is 19.3. The molecule has 1 saturated heterocycles. The number of benzene rings is 1. The minimum Gasteiger partial charge on any atom is -0.370 e. The average molecular weight is 506 g/mol. The second-order valence-corrected chi connectivity index (χ2v) is 7.17. The predicted molar refractivity (Wildman–Crippen MR) is 127 cm³/mol. The number of aryl methyl sites for hydroxylation is 1. The van der Waals surface area contributed by atoms with Crippen molar-refractivity contribution < 1.29 is 0 Å². The van der Waals surface area contributed by atoms with Gasteiger partial charge in [0, 0.05) is 37.7 Å². The van der Waals surface area contributed by atoms with Gasteiger partial charge in [-0.25, -0.2) is 4.98 Å². The lowest BCUT2D eigenvalue weighted by Gasteiger charge is -2.32. The first-order chi connectivity index (χ1) is 13.7. The van der Waals surface area contributed by atoms with Gasteiger partial charge in [0.25, 0.3) is 0 Å². The summed E-state index contributed by atoms with van der Waals surface area (Å²) in [5, 5.41) is 11.4. The van der Waals surface area contributed by atoms with Crippen molar-refractivity contribution in [3.05, 3.63) is 48.5 Å². The third kappa shape index (κ3) is 5.14. The van der Waals surface area contributed by atoms with Crippen LogP contribution < -0.4 is 16.0 Å². The zero-order valence-corrected chi connectivity index (χ0v) is 18.9. The highest BCUT2D eigenvalue weighted by Crippen LogP contribution is 2.24. The highest BCUT2D eigenvalue weighted by atomic mass is 127. The number of aromatic nitrogens is 4. The molecule has 1 unspecified atom stereocenters. The first-order valence-electron chi connectivity index (χ1n) is 9.78. The number of rotatable bonds is 5. The molecule has 4 rings (SSSR count). The Balaban J connectivity index is 0.00000240. The summed E-state index contributed by atoms with van der Waals surface area (Å²) in [4.78, 5) is 11.4. The van der Waals surface area contributed by atoms with E-state index in [1.54, 1.807) is 12.5 Å². The second-order valence-electron chi connectivity index (χ2n) is 7.17. The van der Waals surface area contributed by atoms with Crippen LogP contribution in [-0.2, 0) is 6.42 Å². The Bertz CT molecular complexity index is 953. The molecule has 0 spiro atoms. The Kier molecular flexibility index (Phi) is 7.24. The van der Waals surface area contributed by atoms with E-state index in [0.717, 1.165) is 49.5 Å². The third-order valence-corrected chi connectivity index (χ3v) is 5.17. The monoisotopic (exact) mass is 506 g/mol. The molecule has 8 nitrogen and oxygen atoms in total. The van der Waals surface area contributed by atoms with Crippen molar-refractivity contribution in [1.29, 1.82) is 0 Å². The maximum atomic E-state index is 6.09. The number of hydrogen-bond acceptors (Lipinski definition) is 5. The van der Waals surface area contributed by atoms with Crippen molar-refractivity contribution in [2.45, 2.75) is 26.2 Å². The summed E-state index contributed by atoms with van der Waals surface area (Å²) in [6.45, 7) is 4.70. The molecule has 1 aliphatic rings. The van der Waals surface area contributed by atoms with Gasteiger partial charge in [-0.2, -0.15) is 0 Å². The molecule has 3 aromatic rings. The van der Waals surface area contributed by atoms with E-state index >= 15 is 0 Å². The highest BCUT2D eigenvalue weighted by molar-refractivity contribution is 14.0. The lowest BCUT2D eigenvalue weighted by molar-refractivity contribution is 0.422. The molecule has 0 radical (unpaired) electrons. The number of fused-ring (bicyclic) bond motifs is 1. The van der Waals surface area contributed by atoms with Crippen LogP contribution in [0.2, 0.25) is 0 Å². The molecule has 0 saturated carbocycles. The summed E-state index contributed by atoms with van der Waals surface area (Å²) < 4.78 is 1.90. The number of anilines is 2. The van der Waals surface area contributed by atoms with Gasteiger partial charge in [0.15, 0.2) is 11.8 Å². The standard InChI is InChI=1S/C20H26N8.HI/c1-2-15-5-7-17(8-6-15)25-20(21)23-12-16-4-3-10-27(13-16)18-19-26-24-14-28(19)11-9-22-18;/h5-9,11,14,16H,2-4,10,12-13H2,1H3,(H3,21,23,25);1H. The Labute approximate surface area is 187 Å². The summed E-state index contributed by atoms with van der Waals surface area (Å²) in [5.41, 5.74) is 9.16. The number of guanidine groups is 1. The predicted octanol–water partition coefficient (Wildman–Crippen LogP) is 2.95. The molecule has 1 atom stereocenters. The summed E-state index contributed by atoms with van der Waals surface area (Å²) in [7, 11) is 0. The molecule has 154 valence electrons. The summed E-state index contributed by atoms with van der Waals surface area (Å²) >= 11 is 0. The van der Waals surface area contributed by atoms with Crippen LogP contribution in [0.15, 0.2) is 48.0 Å². The van der Waals surface area contributed by atoms with Crippen LogP contribution >= 0.6 is 24.0 Å². The molecular formula is C20H27IN8. The van der Waals surface area contributed by atoms with Crippen molar-refractivity contribution in [2.24, 2.45) is 16.6 Å². The summed E-state index contributed by atoms with van der Waals surface area (Å²) in [6.07, 6.45) is 8.62. The molecule has 1 fully saturated rings. The van der Waals surface area contributed by atoms with Gasteiger partial charge in [0.05, 0.1) is 0 Å². The molecule has 1 aromatic carbocycles. The van der Waals surface area contributed by atoms with Gasteiger partial charge in [-0.05, 0) is 42.9 Å². The number of nitrogens with two attached hydrogens (primary N) is 1. The van der Waals surface area contributed by atoms with E-state index in [4.69, 9.17) is 5.73 Å². The van der Waals surface area contributed by atoms with Gasteiger partial charge >= 0.3 is 0 Å². The molecule has 0 amide bonds. The van der Waals surface area contributed by atoms with Gasteiger partial charge < -0.3 is 16.0 Å². The molecule has 2 aromatic heterocycles. The molecule has 3 heterocycles. The summed E-state index contributed by atoms with van der Waals surface area (Å²) in [6, 6.07) is 8.28. The maximum absolute atomic E-state index is 6.09. The first-order valence-corrected chi connectivity index (χ1v) is 9.78. The van der Waals surface area contributed by atoms with Gasteiger partial charge in [-0.1, -0.05) is 19.1 Å². The molecule has 9 heteroatoms. The van der Waals surface area contributed by atoms with Crippen LogP contribution in [0.1, 0.15) is 25.3 Å². The van der Waals surface area contributed by atoms with Crippen LogP contribution in [0, 0.1) is 5.92 Å². The third-order valence-electron chi connectivity index (χ3n) is 5.17. The molecule has 29 heavy (non-hydrogen) atoms. The Morgan fingerprint density at radius 2 is 2.14 bits per heavy atom. The zero-order valence-electron chi connectivity index (χ0n) is 16.5. The fourth-order valence-electron chi connectivity index (χ4n) is 3.61. The largest absolute Gasteiger partial charge is 0.370 e. The average Bonchev–Trinajstić information content (AvgIpc) is 3.22. The van der Waals surface area contributed by atoms with Crippen molar-refractivity contribution >= 4 is 47.1 Å². The fourth-order valence-corrected chi connectivity index (χ4v) is 3.61. The van der Waals surface area contributed by atoms with Crippen LogP contribution in [-0.4, -0.2) is 45.2 Å². The Morgan fingerprint density at radius 3 is 2.93 bits per heavy atom. The molecule has 0 aliphatic carbocycles. The lowest BCUT2D eigenvalue weighted by atomic mass is 9.98. The summed E-state index contributed by atoms with van der Waals surface area (Å²) in [5.74, 6) is 1.77. The van der Waals surface area contributed by atoms with E-state index < -0.39 is 0 Å². The van der Waals surface area contributed by atoms with Crippen molar-refractivity contribution in [2.75, 3.05) is 29.9 Å². The van der Waals surface area contributed by atoms with E-state index in [2.05, 4.69) is 49.4 Å². The van der Waals surface area contributed by atoms with Crippen LogP contribution in [0.25, 0.3) is 5.65 Å². The smallest absolute Gasteiger partial charge is 0.203 e. The SMILES string of the molecule is CCc1ccc(NC(N)=NCC2CCCN(c3nccn4cnnc34)C2)cc1.I. The van der Waals surface area contributed by atoms with E-state index in [1.165, 1.54) is 5.56 Å². The second kappa shape index (κ2) is 9.86. The van der Waals surface area contributed by atoms with Crippen molar-refractivity contribution in [3.63, 3.8) is 0 Å². The Morgan fingerprint density at radius 1 is 1.31 bits per heavy atom. The maximum Gasteiger partial charge on any atom is 0.203 e. The lowest BCUT2D eigenvalue weighted by Crippen LogP contribution is -2.38. The number of halogens is 1. The number of hydrogen-bond donors (Lipinski definition) is 2. The minimum atomic E-state index is 0. The van der Waals surface area contributed by atoms with Crippen molar-refractivity contribution in [3.8, 4) is 0 Å². The van der Waals surface area contributed by atoms with E-state index in [-0.39, 0.29) is 24.0 Å². The number of piperidine rings is 1. The number of nitrogens with zero attached hydrogens (tertiary/aromatic N) is 6. The van der Waals surface area contributed by atoms with Crippen molar-refractivity contribution in [1.82, 2.24) is 19.6 Å². The van der Waals surface area contributed by atoms with Crippen LogP contribution in [0.4, 0.5) is 11.5 Å². The van der Waals surface area contributed by atoms with Gasteiger partial charge in [0.2, 0.25) is 5.65 Å². The Hall–Kier alpha value is -2.43. The van der Waals surface area contributed by atoms with Crippen LogP contribution in [0.5, 0.6) is 0 Å². The molecule has 3 N–H and O–H groups in total. The quantitative estimate of drug-likeness (QED) is 0.314. The fraction of sp³-hybridized carbons (Fsp3) is 0.400. The number of nitrogens with one attached hydrogen (secondary N) is 1. The first kappa shape index (κ1) is 21.3. The molecule has 1 aliphatic heterocycles. The topological polar surface area (TPSA) is 96.7 Å². The molecule has 0 bridgehead atoms. The number of aliphatic imine (C=N–C) groups is 1. The normalized spacial score (nSPS) is 17.2. The van der Waals surface area contributed by atoms with Gasteiger partial charge in [-0.3, -0.25) is 9.39 Å². The van der Waals surface area contributed by atoms with E-state index in [0.29, 0.717) is 18.4 Å². The van der Waals surface area contributed by atoms with E-state index in [1.807, 2.05) is 22.7 Å².